The van der Waals surface area contributed by atoms with E-state index in [1.165, 1.54) is 0 Å². The minimum atomic E-state index is -0.464. The topological polar surface area (TPSA) is 59.7 Å². The maximum absolute atomic E-state index is 11.9. The fourth-order valence-electron chi connectivity index (χ4n) is 2.28. The maximum Gasteiger partial charge on any atom is 0.410 e. The summed E-state index contributed by atoms with van der Waals surface area (Å²) < 4.78 is 8.28. The van der Waals surface area contributed by atoms with Gasteiger partial charge in [-0.2, -0.15) is 0 Å². The number of hydrogen-bond acceptors (Lipinski definition) is 4. The van der Waals surface area contributed by atoms with Crippen molar-refractivity contribution < 1.29 is 9.53 Å². The fraction of sp³-hybridized carbons (Fsp3) is 0.500. The van der Waals surface area contributed by atoms with Crippen molar-refractivity contribution in [3.8, 4) is 0 Å². The van der Waals surface area contributed by atoms with Gasteiger partial charge in [-0.3, -0.25) is 4.40 Å². The summed E-state index contributed by atoms with van der Waals surface area (Å²) in [5, 5.41) is 8.39. The van der Waals surface area contributed by atoms with Gasteiger partial charge in [0.1, 0.15) is 11.4 Å². The van der Waals surface area contributed by atoms with Crippen LogP contribution in [0.2, 0.25) is 0 Å². The lowest BCUT2D eigenvalue weighted by atomic mass is 10.00. The number of pyridine rings is 1. The van der Waals surface area contributed by atoms with Crippen molar-refractivity contribution in [2.24, 2.45) is 0 Å². The van der Waals surface area contributed by atoms with Gasteiger partial charge in [0.2, 0.25) is 0 Å². The van der Waals surface area contributed by atoms with Gasteiger partial charge in [-0.05, 0) is 48.8 Å². The molecule has 1 aliphatic rings. The lowest BCUT2D eigenvalue weighted by Gasteiger charge is -2.38. The van der Waals surface area contributed by atoms with E-state index >= 15 is 0 Å². The summed E-state index contributed by atoms with van der Waals surface area (Å²) in [6.45, 7) is 6.83. The van der Waals surface area contributed by atoms with Crippen molar-refractivity contribution in [2.75, 3.05) is 13.1 Å². The number of amides is 1. The highest BCUT2D eigenvalue weighted by atomic mass is 79.9. The summed E-state index contributed by atoms with van der Waals surface area (Å²) in [7, 11) is 0. The molecule has 3 heterocycles. The van der Waals surface area contributed by atoms with Crippen LogP contribution in [-0.4, -0.2) is 44.3 Å². The Balaban J connectivity index is 1.70. The summed E-state index contributed by atoms with van der Waals surface area (Å²) >= 11 is 3.45. The number of ether oxygens (including phenoxy) is 1. The molecule has 2 aromatic rings. The molecular formula is C14H17BrN4O2. The monoisotopic (exact) mass is 352 g/mol. The number of carbonyl (C=O) groups is 1. The number of aromatic nitrogens is 3. The standard InChI is InChI=1S/C14H17BrN4O2/c1-14(2,3)21-13(20)18-6-9(7-18)12-17-16-11-5-4-10(15)8-19(11)12/h4-5,8-9H,6-7H2,1-3H3. The average molecular weight is 353 g/mol. The molecule has 0 spiro atoms. The lowest BCUT2D eigenvalue weighted by Crippen LogP contribution is -2.50. The SMILES string of the molecule is CC(C)(C)OC(=O)N1CC(c2nnc3ccc(Br)cn23)C1. The largest absolute Gasteiger partial charge is 0.444 e. The van der Waals surface area contributed by atoms with Gasteiger partial charge < -0.3 is 9.64 Å². The minimum Gasteiger partial charge on any atom is -0.444 e. The zero-order valence-corrected chi connectivity index (χ0v) is 13.8. The van der Waals surface area contributed by atoms with Crippen LogP contribution >= 0.6 is 15.9 Å². The molecule has 0 aliphatic carbocycles. The molecule has 21 heavy (non-hydrogen) atoms. The van der Waals surface area contributed by atoms with Crippen LogP contribution in [0.1, 0.15) is 32.5 Å². The molecule has 112 valence electrons. The van der Waals surface area contributed by atoms with E-state index in [0.717, 1.165) is 15.9 Å². The van der Waals surface area contributed by atoms with Crippen LogP contribution in [0.15, 0.2) is 22.8 Å². The number of hydrogen-bond donors (Lipinski definition) is 0. The second-order valence-electron chi connectivity index (χ2n) is 6.22. The minimum absolute atomic E-state index is 0.196. The van der Waals surface area contributed by atoms with Crippen LogP contribution in [0.3, 0.4) is 0 Å². The Kier molecular flexibility index (Phi) is 3.39. The van der Waals surface area contributed by atoms with Gasteiger partial charge in [-0.25, -0.2) is 4.79 Å². The first-order chi connectivity index (χ1) is 9.83. The van der Waals surface area contributed by atoms with Gasteiger partial charge >= 0.3 is 6.09 Å². The quantitative estimate of drug-likeness (QED) is 0.791. The Bertz CT molecular complexity index is 686. The number of rotatable bonds is 1. The highest BCUT2D eigenvalue weighted by molar-refractivity contribution is 9.10. The normalized spacial score (nSPS) is 16.1. The highest BCUT2D eigenvalue weighted by Crippen LogP contribution is 2.28. The first-order valence-corrected chi connectivity index (χ1v) is 7.61. The Morgan fingerprint density at radius 3 is 2.71 bits per heavy atom. The van der Waals surface area contributed by atoms with Crippen LogP contribution in [-0.2, 0) is 4.74 Å². The van der Waals surface area contributed by atoms with Gasteiger partial charge in [0.15, 0.2) is 5.65 Å². The molecular weight excluding hydrogens is 336 g/mol. The first kappa shape index (κ1) is 14.3. The van der Waals surface area contributed by atoms with Gasteiger partial charge in [-0.1, -0.05) is 0 Å². The van der Waals surface area contributed by atoms with E-state index in [0.29, 0.717) is 13.1 Å². The second-order valence-corrected chi connectivity index (χ2v) is 7.13. The second kappa shape index (κ2) is 4.98. The molecule has 1 aliphatic heterocycles. The molecule has 7 heteroatoms. The van der Waals surface area contributed by atoms with E-state index in [4.69, 9.17) is 4.74 Å². The van der Waals surface area contributed by atoms with Crippen LogP contribution in [0, 0.1) is 0 Å². The third-order valence-electron chi connectivity index (χ3n) is 3.29. The van der Waals surface area contributed by atoms with Gasteiger partial charge in [-0.15, -0.1) is 10.2 Å². The molecule has 0 bridgehead atoms. The van der Waals surface area contributed by atoms with E-state index in [9.17, 15) is 4.79 Å². The molecule has 0 saturated carbocycles. The summed E-state index contributed by atoms with van der Waals surface area (Å²) in [5.74, 6) is 1.08. The molecule has 0 atom stereocenters. The molecule has 1 fully saturated rings. The zero-order chi connectivity index (χ0) is 15.2. The molecule has 0 radical (unpaired) electrons. The van der Waals surface area contributed by atoms with Crippen molar-refractivity contribution in [1.29, 1.82) is 0 Å². The molecule has 2 aromatic heterocycles. The van der Waals surface area contributed by atoms with E-state index in [1.807, 2.05) is 43.5 Å². The van der Waals surface area contributed by atoms with Gasteiger partial charge in [0.05, 0.1) is 5.92 Å². The zero-order valence-electron chi connectivity index (χ0n) is 12.2. The van der Waals surface area contributed by atoms with Crippen LogP contribution in [0.5, 0.6) is 0 Å². The number of fused-ring (bicyclic) bond motifs is 1. The molecule has 1 saturated heterocycles. The Labute approximate surface area is 131 Å². The third-order valence-corrected chi connectivity index (χ3v) is 3.76. The van der Waals surface area contributed by atoms with Crippen molar-refractivity contribution in [3.05, 3.63) is 28.6 Å². The smallest absolute Gasteiger partial charge is 0.410 e. The maximum atomic E-state index is 11.9. The summed E-state index contributed by atoms with van der Waals surface area (Å²) in [4.78, 5) is 13.6. The van der Waals surface area contributed by atoms with E-state index in [1.54, 1.807) is 4.90 Å². The van der Waals surface area contributed by atoms with Gasteiger partial charge in [0.25, 0.3) is 0 Å². The third kappa shape index (κ3) is 2.88. The Hall–Kier alpha value is -1.63. The fourth-order valence-corrected chi connectivity index (χ4v) is 2.62. The average Bonchev–Trinajstić information content (AvgIpc) is 2.68. The molecule has 0 aromatic carbocycles. The van der Waals surface area contributed by atoms with E-state index in [-0.39, 0.29) is 12.0 Å². The van der Waals surface area contributed by atoms with Crippen molar-refractivity contribution in [3.63, 3.8) is 0 Å². The van der Waals surface area contributed by atoms with Crippen LogP contribution < -0.4 is 0 Å². The number of likely N-dealkylation sites (tertiary alicyclic amines) is 1. The number of carbonyl (C=O) groups excluding carboxylic acids is 1. The van der Waals surface area contributed by atoms with E-state index in [2.05, 4.69) is 26.1 Å². The Morgan fingerprint density at radius 2 is 2.05 bits per heavy atom. The van der Waals surface area contributed by atoms with E-state index < -0.39 is 5.60 Å². The molecule has 1 amide bonds. The highest BCUT2D eigenvalue weighted by Gasteiger charge is 2.37. The first-order valence-electron chi connectivity index (χ1n) is 6.81. The molecule has 3 rings (SSSR count). The molecule has 0 unspecified atom stereocenters. The van der Waals surface area contributed by atoms with Crippen molar-refractivity contribution in [1.82, 2.24) is 19.5 Å². The Morgan fingerprint density at radius 1 is 1.33 bits per heavy atom. The number of halogens is 1. The number of nitrogens with zero attached hydrogens (tertiary/aromatic N) is 4. The predicted molar refractivity (Wildman–Crippen MR) is 81.2 cm³/mol. The van der Waals surface area contributed by atoms with Crippen molar-refractivity contribution in [2.45, 2.75) is 32.3 Å². The van der Waals surface area contributed by atoms with Crippen LogP contribution in [0.25, 0.3) is 5.65 Å². The lowest BCUT2D eigenvalue weighted by molar-refractivity contribution is 0.00743. The van der Waals surface area contributed by atoms with Crippen molar-refractivity contribution >= 4 is 27.7 Å². The molecule has 6 nitrogen and oxygen atoms in total. The van der Waals surface area contributed by atoms with Crippen LogP contribution in [0.4, 0.5) is 4.79 Å². The summed E-state index contributed by atoms with van der Waals surface area (Å²) in [6.07, 6.45) is 1.68. The van der Waals surface area contributed by atoms with Gasteiger partial charge in [0, 0.05) is 23.8 Å². The predicted octanol–water partition coefficient (Wildman–Crippen LogP) is 2.83. The summed E-state index contributed by atoms with van der Waals surface area (Å²) in [5.41, 5.74) is 0.345. The summed E-state index contributed by atoms with van der Waals surface area (Å²) in [6, 6.07) is 3.84. The molecule has 0 N–H and O–H groups in total.